The lowest BCUT2D eigenvalue weighted by Gasteiger charge is -2.33. The van der Waals surface area contributed by atoms with E-state index in [2.05, 4.69) is 31.3 Å². The Kier molecular flexibility index (Phi) is 4.96. The molecule has 29 heavy (non-hydrogen) atoms. The number of piperidine rings is 1. The number of nitrogens with one attached hydrogen (secondary N) is 1. The Morgan fingerprint density at radius 2 is 1.86 bits per heavy atom. The molecule has 1 atom stereocenters. The molecule has 0 radical (unpaired) electrons. The molecule has 1 aliphatic heterocycles. The van der Waals surface area contributed by atoms with Crippen LogP contribution in [0.15, 0.2) is 65.7 Å². The molecule has 0 saturated carbocycles. The maximum atomic E-state index is 5.76. The number of nitrogens with zero attached hydrogens (tertiary/aromatic N) is 5. The van der Waals surface area contributed by atoms with Crippen LogP contribution in [0.1, 0.15) is 31.1 Å². The monoisotopic (exact) mass is 388 g/mol. The Morgan fingerprint density at radius 1 is 1.00 bits per heavy atom. The fourth-order valence-electron chi connectivity index (χ4n) is 4.06. The predicted octanol–water partition coefficient (Wildman–Crippen LogP) is 4.05. The fourth-order valence-corrected chi connectivity index (χ4v) is 4.06. The van der Waals surface area contributed by atoms with Gasteiger partial charge in [0.1, 0.15) is 17.9 Å². The van der Waals surface area contributed by atoms with E-state index in [1.807, 2.05) is 47.3 Å². The van der Waals surface area contributed by atoms with Gasteiger partial charge in [0, 0.05) is 6.54 Å². The van der Waals surface area contributed by atoms with Crippen LogP contribution >= 0.6 is 0 Å². The summed E-state index contributed by atoms with van der Waals surface area (Å²) in [6.45, 7) is 2.91. The van der Waals surface area contributed by atoms with Crippen molar-refractivity contribution in [2.45, 2.75) is 25.3 Å². The molecular weight excluding hydrogens is 364 g/mol. The van der Waals surface area contributed by atoms with Crippen LogP contribution in [0.2, 0.25) is 0 Å². The second kappa shape index (κ2) is 8.05. The summed E-state index contributed by atoms with van der Waals surface area (Å²) >= 11 is 0. The fraction of sp³-hybridized carbons (Fsp3) is 0.318. The van der Waals surface area contributed by atoms with Gasteiger partial charge in [0.05, 0.1) is 29.6 Å². The first-order valence-corrected chi connectivity index (χ1v) is 10.2. The van der Waals surface area contributed by atoms with Crippen molar-refractivity contribution in [1.29, 1.82) is 0 Å². The van der Waals surface area contributed by atoms with Gasteiger partial charge in [-0.25, -0.2) is 14.6 Å². The molecule has 148 valence electrons. The van der Waals surface area contributed by atoms with Crippen molar-refractivity contribution in [3.63, 3.8) is 0 Å². The summed E-state index contributed by atoms with van der Waals surface area (Å²) in [4.78, 5) is 11.5. The van der Waals surface area contributed by atoms with E-state index in [0.717, 1.165) is 47.9 Å². The van der Waals surface area contributed by atoms with Crippen LogP contribution < -0.4 is 5.32 Å². The summed E-state index contributed by atoms with van der Waals surface area (Å²) in [6.07, 6.45) is 8.94. The van der Waals surface area contributed by atoms with Gasteiger partial charge in [0.25, 0.3) is 0 Å². The van der Waals surface area contributed by atoms with Crippen LogP contribution in [0.25, 0.3) is 16.7 Å². The first-order chi connectivity index (χ1) is 14.4. The van der Waals surface area contributed by atoms with Crippen molar-refractivity contribution >= 4 is 16.9 Å². The number of hydrogen-bond donors (Lipinski definition) is 1. The van der Waals surface area contributed by atoms with Crippen molar-refractivity contribution in [2.75, 3.05) is 25.0 Å². The summed E-state index contributed by atoms with van der Waals surface area (Å²) < 4.78 is 7.60. The Morgan fingerprint density at radius 3 is 2.66 bits per heavy atom. The standard InChI is InChI=1S/C22H24N6O/c1-3-8-17(9-4-1)28-22-18(14-26-28)21(24-16-25-22)23-15-19(20-10-7-13-29-20)27-11-5-2-6-12-27/h1,3-4,7-10,13-14,16,19H,2,5-6,11-12,15H2,(H,23,24,25). The van der Waals surface area contributed by atoms with Gasteiger partial charge in [-0.3, -0.25) is 4.90 Å². The van der Waals surface area contributed by atoms with Gasteiger partial charge in [0.15, 0.2) is 5.65 Å². The molecule has 1 unspecified atom stereocenters. The quantitative estimate of drug-likeness (QED) is 0.537. The largest absolute Gasteiger partial charge is 0.468 e. The molecule has 4 aromatic rings. The molecule has 1 aliphatic rings. The summed E-state index contributed by atoms with van der Waals surface area (Å²) in [6, 6.07) is 14.2. The van der Waals surface area contributed by atoms with E-state index >= 15 is 0 Å². The zero-order valence-electron chi connectivity index (χ0n) is 16.2. The maximum absolute atomic E-state index is 5.76. The van der Waals surface area contributed by atoms with Gasteiger partial charge in [0.2, 0.25) is 0 Å². The third kappa shape index (κ3) is 3.61. The topological polar surface area (TPSA) is 72.0 Å². The van der Waals surface area contributed by atoms with E-state index in [1.54, 1.807) is 12.6 Å². The number of anilines is 1. The zero-order chi connectivity index (χ0) is 19.5. The number of likely N-dealkylation sites (tertiary alicyclic amines) is 1. The Bertz CT molecular complexity index is 1050. The van der Waals surface area contributed by atoms with E-state index in [1.165, 1.54) is 19.3 Å². The summed E-state index contributed by atoms with van der Waals surface area (Å²) in [5.41, 5.74) is 1.77. The van der Waals surface area contributed by atoms with Gasteiger partial charge in [-0.2, -0.15) is 5.10 Å². The lowest BCUT2D eigenvalue weighted by Crippen LogP contribution is -2.37. The van der Waals surface area contributed by atoms with E-state index in [4.69, 9.17) is 4.42 Å². The minimum Gasteiger partial charge on any atom is -0.468 e. The van der Waals surface area contributed by atoms with Gasteiger partial charge < -0.3 is 9.73 Å². The Hall–Kier alpha value is -3.19. The van der Waals surface area contributed by atoms with Crippen LogP contribution in [-0.2, 0) is 0 Å². The van der Waals surface area contributed by atoms with E-state index < -0.39 is 0 Å². The van der Waals surface area contributed by atoms with Crippen molar-refractivity contribution in [3.8, 4) is 5.69 Å². The lowest BCUT2D eigenvalue weighted by atomic mass is 10.1. The predicted molar refractivity (Wildman–Crippen MR) is 112 cm³/mol. The number of para-hydroxylation sites is 1. The Labute approximate surface area is 169 Å². The molecular formula is C22H24N6O. The molecule has 0 amide bonds. The third-order valence-corrected chi connectivity index (χ3v) is 5.53. The molecule has 5 rings (SSSR count). The number of furan rings is 1. The second-order valence-electron chi connectivity index (χ2n) is 7.36. The van der Waals surface area contributed by atoms with Crippen molar-refractivity contribution in [2.24, 2.45) is 0 Å². The molecule has 0 spiro atoms. The average molecular weight is 388 g/mol. The van der Waals surface area contributed by atoms with Gasteiger partial charge in [-0.05, 0) is 50.2 Å². The highest BCUT2D eigenvalue weighted by Gasteiger charge is 2.24. The van der Waals surface area contributed by atoms with E-state index in [-0.39, 0.29) is 6.04 Å². The summed E-state index contributed by atoms with van der Waals surface area (Å²) in [5.74, 6) is 1.79. The number of aromatic nitrogens is 4. The normalized spacial score (nSPS) is 16.1. The number of fused-ring (bicyclic) bond motifs is 1. The highest BCUT2D eigenvalue weighted by atomic mass is 16.3. The summed E-state index contributed by atoms with van der Waals surface area (Å²) in [5, 5.41) is 8.98. The molecule has 4 heterocycles. The average Bonchev–Trinajstić information content (AvgIpc) is 3.46. The SMILES string of the molecule is c1ccc(-n2ncc3c(NCC(c4ccco4)N4CCCCC4)ncnc32)cc1. The highest BCUT2D eigenvalue weighted by Crippen LogP contribution is 2.27. The molecule has 1 fully saturated rings. The van der Waals surface area contributed by atoms with Crippen LogP contribution in [0, 0.1) is 0 Å². The van der Waals surface area contributed by atoms with Crippen LogP contribution in [0.5, 0.6) is 0 Å². The molecule has 1 saturated heterocycles. The third-order valence-electron chi connectivity index (χ3n) is 5.53. The van der Waals surface area contributed by atoms with Crippen LogP contribution in [0.4, 0.5) is 5.82 Å². The number of benzene rings is 1. The van der Waals surface area contributed by atoms with E-state index in [0.29, 0.717) is 0 Å². The van der Waals surface area contributed by atoms with Crippen LogP contribution in [0.3, 0.4) is 0 Å². The first-order valence-electron chi connectivity index (χ1n) is 10.2. The second-order valence-corrected chi connectivity index (χ2v) is 7.36. The minimum atomic E-state index is 0.180. The Balaban J connectivity index is 1.41. The van der Waals surface area contributed by atoms with E-state index in [9.17, 15) is 0 Å². The minimum absolute atomic E-state index is 0.180. The summed E-state index contributed by atoms with van der Waals surface area (Å²) in [7, 11) is 0. The highest BCUT2D eigenvalue weighted by molar-refractivity contribution is 5.87. The smallest absolute Gasteiger partial charge is 0.168 e. The molecule has 7 heteroatoms. The van der Waals surface area contributed by atoms with Gasteiger partial charge >= 0.3 is 0 Å². The molecule has 3 aromatic heterocycles. The molecule has 0 aliphatic carbocycles. The van der Waals surface area contributed by atoms with Crippen molar-refractivity contribution < 1.29 is 4.42 Å². The maximum Gasteiger partial charge on any atom is 0.168 e. The number of hydrogen-bond acceptors (Lipinski definition) is 6. The zero-order valence-corrected chi connectivity index (χ0v) is 16.2. The van der Waals surface area contributed by atoms with Crippen molar-refractivity contribution in [1.82, 2.24) is 24.6 Å². The molecule has 7 nitrogen and oxygen atoms in total. The number of rotatable bonds is 6. The van der Waals surface area contributed by atoms with Gasteiger partial charge in [-0.1, -0.05) is 24.6 Å². The molecule has 1 N–H and O–H groups in total. The lowest BCUT2D eigenvalue weighted by molar-refractivity contribution is 0.153. The van der Waals surface area contributed by atoms with Crippen molar-refractivity contribution in [3.05, 3.63) is 67.0 Å². The molecule has 1 aromatic carbocycles. The first kappa shape index (κ1) is 17.9. The van der Waals surface area contributed by atoms with Crippen LogP contribution in [-0.4, -0.2) is 44.3 Å². The van der Waals surface area contributed by atoms with Gasteiger partial charge in [-0.15, -0.1) is 0 Å². The molecule has 0 bridgehead atoms.